The molecule has 6 nitrogen and oxygen atoms in total. The number of oxazole rings is 1. The van der Waals surface area contributed by atoms with E-state index in [1.807, 2.05) is 60.0 Å². The Bertz CT molecular complexity index is 1260. The Morgan fingerprint density at radius 1 is 1.00 bits per heavy atom. The summed E-state index contributed by atoms with van der Waals surface area (Å²) in [5.74, 6) is 1.50. The lowest BCUT2D eigenvalue weighted by Crippen LogP contribution is -2.08. The molecule has 0 aliphatic heterocycles. The average Bonchev–Trinajstić information content (AvgIpc) is 3.35. The van der Waals surface area contributed by atoms with Crippen LogP contribution in [0.15, 0.2) is 71.3 Å². The van der Waals surface area contributed by atoms with Crippen molar-refractivity contribution < 1.29 is 4.42 Å². The molecule has 3 aromatic heterocycles. The highest BCUT2D eigenvalue weighted by Crippen LogP contribution is 2.23. The highest BCUT2D eigenvalue weighted by Gasteiger charge is 2.10. The number of rotatable bonds is 5. The molecule has 0 unspecified atom stereocenters. The Morgan fingerprint density at radius 3 is 2.71 bits per heavy atom. The lowest BCUT2D eigenvalue weighted by Gasteiger charge is -2.09. The van der Waals surface area contributed by atoms with Crippen LogP contribution in [-0.4, -0.2) is 26.1 Å². The van der Waals surface area contributed by atoms with Gasteiger partial charge in [-0.1, -0.05) is 30.3 Å². The van der Waals surface area contributed by atoms with E-state index in [0.717, 1.165) is 45.7 Å². The van der Waals surface area contributed by atoms with Gasteiger partial charge in [-0.15, -0.1) is 0 Å². The Balaban J connectivity index is 1.37. The van der Waals surface area contributed by atoms with E-state index >= 15 is 0 Å². The Labute approximate surface area is 161 Å². The standard InChI is InChI=1S/C22H19N5O/c1-15-13-20-25-21(18-9-5-6-10-19(18)27(20)26-15)23-12-11-17-14-28-22(24-17)16-7-3-2-4-8-16/h2-10,13-14H,11-12H2,1H3,(H,23,25). The van der Waals surface area contributed by atoms with Crippen molar-refractivity contribution >= 4 is 22.4 Å². The first-order chi connectivity index (χ1) is 13.8. The largest absolute Gasteiger partial charge is 0.444 e. The number of fused-ring (bicyclic) bond motifs is 3. The molecule has 0 saturated heterocycles. The summed E-state index contributed by atoms with van der Waals surface area (Å²) in [4.78, 5) is 9.34. The van der Waals surface area contributed by atoms with E-state index in [1.54, 1.807) is 6.26 Å². The van der Waals surface area contributed by atoms with Crippen LogP contribution in [0.5, 0.6) is 0 Å². The summed E-state index contributed by atoms with van der Waals surface area (Å²) in [5.41, 5.74) is 4.72. The third-order valence-corrected chi connectivity index (χ3v) is 4.67. The molecule has 0 amide bonds. The summed E-state index contributed by atoms with van der Waals surface area (Å²) in [6.45, 7) is 2.69. The molecule has 0 radical (unpaired) electrons. The molecule has 0 saturated carbocycles. The average molecular weight is 369 g/mol. The van der Waals surface area contributed by atoms with E-state index in [9.17, 15) is 0 Å². The van der Waals surface area contributed by atoms with Gasteiger partial charge in [0.15, 0.2) is 5.65 Å². The van der Waals surface area contributed by atoms with Crippen LogP contribution in [-0.2, 0) is 6.42 Å². The zero-order chi connectivity index (χ0) is 18.9. The van der Waals surface area contributed by atoms with Crippen LogP contribution < -0.4 is 5.32 Å². The van der Waals surface area contributed by atoms with Crippen LogP contribution in [0.3, 0.4) is 0 Å². The number of hydrogen-bond donors (Lipinski definition) is 1. The van der Waals surface area contributed by atoms with Gasteiger partial charge < -0.3 is 9.73 Å². The summed E-state index contributed by atoms with van der Waals surface area (Å²) < 4.78 is 7.51. The van der Waals surface area contributed by atoms with Crippen LogP contribution in [0.1, 0.15) is 11.4 Å². The molecule has 138 valence electrons. The summed E-state index contributed by atoms with van der Waals surface area (Å²) in [5, 5.41) is 9.04. The lowest BCUT2D eigenvalue weighted by atomic mass is 10.2. The van der Waals surface area contributed by atoms with E-state index in [0.29, 0.717) is 12.4 Å². The fourth-order valence-electron chi connectivity index (χ4n) is 3.35. The molecule has 0 spiro atoms. The van der Waals surface area contributed by atoms with Gasteiger partial charge in [0.1, 0.15) is 12.1 Å². The topological polar surface area (TPSA) is 68.2 Å². The molecule has 0 aliphatic carbocycles. The maximum Gasteiger partial charge on any atom is 0.226 e. The fourth-order valence-corrected chi connectivity index (χ4v) is 3.35. The van der Waals surface area contributed by atoms with Crippen molar-refractivity contribution in [2.75, 3.05) is 11.9 Å². The Morgan fingerprint density at radius 2 is 1.82 bits per heavy atom. The summed E-state index contributed by atoms with van der Waals surface area (Å²) in [6, 6.07) is 20.1. The number of benzene rings is 2. The van der Waals surface area contributed by atoms with E-state index in [4.69, 9.17) is 9.40 Å². The van der Waals surface area contributed by atoms with Gasteiger partial charge >= 0.3 is 0 Å². The van der Waals surface area contributed by atoms with Gasteiger partial charge in [-0.2, -0.15) is 5.10 Å². The molecule has 0 aliphatic rings. The zero-order valence-corrected chi connectivity index (χ0v) is 15.5. The minimum absolute atomic E-state index is 0.648. The van der Waals surface area contributed by atoms with Gasteiger partial charge in [-0.25, -0.2) is 14.5 Å². The van der Waals surface area contributed by atoms with Crippen molar-refractivity contribution in [3.8, 4) is 11.5 Å². The predicted molar refractivity (Wildman–Crippen MR) is 109 cm³/mol. The first-order valence-corrected chi connectivity index (χ1v) is 9.27. The molecule has 5 rings (SSSR count). The second kappa shape index (κ2) is 6.81. The van der Waals surface area contributed by atoms with E-state index in [1.165, 1.54) is 0 Å². The number of anilines is 1. The normalized spacial score (nSPS) is 11.3. The second-order valence-corrected chi connectivity index (χ2v) is 6.72. The van der Waals surface area contributed by atoms with Gasteiger partial charge in [0, 0.05) is 30.0 Å². The molecular formula is C22H19N5O. The lowest BCUT2D eigenvalue weighted by molar-refractivity contribution is 0.572. The summed E-state index contributed by atoms with van der Waals surface area (Å²) >= 11 is 0. The smallest absolute Gasteiger partial charge is 0.226 e. The van der Waals surface area contributed by atoms with Crippen molar-refractivity contribution in [2.45, 2.75) is 13.3 Å². The number of hydrogen-bond acceptors (Lipinski definition) is 5. The van der Waals surface area contributed by atoms with Gasteiger partial charge in [0.05, 0.1) is 16.9 Å². The minimum Gasteiger partial charge on any atom is -0.444 e. The summed E-state index contributed by atoms with van der Waals surface area (Å²) in [7, 11) is 0. The van der Waals surface area contributed by atoms with Gasteiger partial charge in [-0.05, 0) is 31.2 Å². The number of aryl methyl sites for hydroxylation is 1. The first-order valence-electron chi connectivity index (χ1n) is 9.27. The van der Waals surface area contributed by atoms with Crippen molar-refractivity contribution in [1.82, 2.24) is 19.6 Å². The Hall–Kier alpha value is -3.67. The monoisotopic (exact) mass is 369 g/mol. The maximum absolute atomic E-state index is 5.62. The molecule has 0 fully saturated rings. The highest BCUT2D eigenvalue weighted by molar-refractivity contribution is 5.91. The molecule has 0 atom stereocenters. The van der Waals surface area contributed by atoms with E-state index in [-0.39, 0.29) is 0 Å². The van der Waals surface area contributed by atoms with Gasteiger partial charge in [-0.3, -0.25) is 0 Å². The molecule has 0 bridgehead atoms. The Kier molecular flexibility index (Phi) is 4.01. The molecule has 5 aromatic rings. The van der Waals surface area contributed by atoms with Crippen LogP contribution in [0, 0.1) is 6.92 Å². The van der Waals surface area contributed by atoms with Crippen molar-refractivity contribution in [2.24, 2.45) is 0 Å². The molecule has 1 N–H and O–H groups in total. The molecular weight excluding hydrogens is 350 g/mol. The van der Waals surface area contributed by atoms with Crippen molar-refractivity contribution in [3.63, 3.8) is 0 Å². The second-order valence-electron chi connectivity index (χ2n) is 6.72. The van der Waals surface area contributed by atoms with Crippen LogP contribution in [0.4, 0.5) is 5.82 Å². The third-order valence-electron chi connectivity index (χ3n) is 4.67. The van der Waals surface area contributed by atoms with Crippen LogP contribution in [0.2, 0.25) is 0 Å². The van der Waals surface area contributed by atoms with E-state index < -0.39 is 0 Å². The molecule has 28 heavy (non-hydrogen) atoms. The van der Waals surface area contributed by atoms with Gasteiger partial charge in [0.25, 0.3) is 0 Å². The van der Waals surface area contributed by atoms with Crippen LogP contribution >= 0.6 is 0 Å². The predicted octanol–water partition coefficient (Wildman–Crippen LogP) is 4.50. The SMILES string of the molecule is Cc1cc2nc(NCCc3coc(-c4ccccc4)n3)c3ccccc3n2n1. The van der Waals surface area contributed by atoms with E-state index in [2.05, 4.69) is 27.5 Å². The quantitative estimate of drug-likeness (QED) is 0.494. The third kappa shape index (κ3) is 2.99. The van der Waals surface area contributed by atoms with Crippen molar-refractivity contribution in [3.05, 3.63) is 78.3 Å². The van der Waals surface area contributed by atoms with Gasteiger partial charge in [0.2, 0.25) is 5.89 Å². The molecule has 3 heterocycles. The first kappa shape index (κ1) is 16.5. The zero-order valence-electron chi connectivity index (χ0n) is 15.5. The highest BCUT2D eigenvalue weighted by atomic mass is 16.3. The van der Waals surface area contributed by atoms with Crippen molar-refractivity contribution in [1.29, 1.82) is 0 Å². The maximum atomic E-state index is 5.62. The number of para-hydroxylation sites is 1. The molecule has 2 aromatic carbocycles. The minimum atomic E-state index is 0.648. The fraction of sp³-hybridized carbons (Fsp3) is 0.136. The summed E-state index contributed by atoms with van der Waals surface area (Å²) in [6.07, 6.45) is 2.47. The number of aromatic nitrogens is 4. The number of nitrogens with one attached hydrogen (secondary N) is 1. The number of nitrogens with zero attached hydrogens (tertiary/aromatic N) is 4. The van der Waals surface area contributed by atoms with Crippen LogP contribution in [0.25, 0.3) is 28.0 Å². The molecule has 6 heteroatoms.